The zero-order valence-electron chi connectivity index (χ0n) is 12.8. The van der Waals surface area contributed by atoms with E-state index >= 15 is 0 Å². The molecule has 0 radical (unpaired) electrons. The minimum Gasteiger partial charge on any atom is -0.368 e. The third-order valence-corrected chi connectivity index (χ3v) is 3.47. The van der Waals surface area contributed by atoms with Gasteiger partial charge >= 0.3 is 0 Å². The Kier molecular flexibility index (Phi) is 6.37. The predicted molar refractivity (Wildman–Crippen MR) is 85.4 cm³/mol. The Bertz CT molecular complexity index is 587. The highest BCUT2D eigenvalue weighted by Gasteiger charge is 2.22. The smallest absolute Gasteiger partial charge is 0.240 e. The van der Waals surface area contributed by atoms with E-state index in [1.54, 1.807) is 32.0 Å². The van der Waals surface area contributed by atoms with Crippen LogP contribution in [0.1, 0.15) is 25.8 Å². The Morgan fingerprint density at radius 3 is 2.36 bits per heavy atom. The Morgan fingerprint density at radius 2 is 1.86 bits per heavy atom. The van der Waals surface area contributed by atoms with Crippen LogP contribution in [0.3, 0.4) is 0 Å². The third-order valence-electron chi connectivity index (χ3n) is 3.07. The summed E-state index contributed by atoms with van der Waals surface area (Å²) in [4.78, 5) is 34.8. The van der Waals surface area contributed by atoms with Crippen molar-refractivity contribution in [2.45, 2.75) is 33.2 Å². The first-order valence-electron chi connectivity index (χ1n) is 6.85. The van der Waals surface area contributed by atoms with Crippen LogP contribution in [0.5, 0.6) is 0 Å². The Hall–Kier alpha value is -2.08. The number of hydrogen-bond acceptors (Lipinski definition) is 3. The van der Waals surface area contributed by atoms with E-state index in [2.05, 4.69) is 10.6 Å². The molecular formula is C15H20ClN3O3. The van der Waals surface area contributed by atoms with Gasteiger partial charge < -0.3 is 16.4 Å². The number of carbonyl (C=O) groups is 3. The molecule has 0 heterocycles. The first kappa shape index (κ1) is 18.0. The van der Waals surface area contributed by atoms with Gasteiger partial charge in [0.05, 0.1) is 0 Å². The van der Waals surface area contributed by atoms with E-state index in [9.17, 15) is 14.4 Å². The molecule has 0 fully saturated rings. The first-order valence-corrected chi connectivity index (χ1v) is 7.23. The molecule has 0 aliphatic heterocycles. The van der Waals surface area contributed by atoms with E-state index in [1.165, 1.54) is 0 Å². The molecule has 0 aliphatic carbocycles. The molecule has 0 unspecified atom stereocenters. The van der Waals surface area contributed by atoms with Gasteiger partial charge in [-0.3, -0.25) is 14.4 Å². The Balaban J connectivity index is 2.58. The maximum atomic E-state index is 11.8. The molecule has 0 saturated carbocycles. The maximum absolute atomic E-state index is 11.8. The largest absolute Gasteiger partial charge is 0.368 e. The van der Waals surface area contributed by atoms with E-state index in [-0.39, 0.29) is 5.92 Å². The van der Waals surface area contributed by atoms with Gasteiger partial charge in [0, 0.05) is 10.7 Å². The Morgan fingerprint density at radius 1 is 1.23 bits per heavy atom. The van der Waals surface area contributed by atoms with Crippen molar-refractivity contribution >= 4 is 35.0 Å². The lowest BCUT2D eigenvalue weighted by atomic mass is 10.0. The van der Waals surface area contributed by atoms with Crippen molar-refractivity contribution < 1.29 is 14.4 Å². The summed E-state index contributed by atoms with van der Waals surface area (Å²) in [6, 6.07) is 4.26. The van der Waals surface area contributed by atoms with Crippen LogP contribution in [0.15, 0.2) is 18.2 Å². The van der Waals surface area contributed by atoms with Crippen LogP contribution in [-0.2, 0) is 14.4 Å². The van der Waals surface area contributed by atoms with E-state index < -0.39 is 30.2 Å². The second-order valence-corrected chi connectivity index (χ2v) is 5.79. The van der Waals surface area contributed by atoms with Gasteiger partial charge in [-0.05, 0) is 30.5 Å². The van der Waals surface area contributed by atoms with Crippen LogP contribution in [0.4, 0.5) is 5.69 Å². The minimum absolute atomic E-state index is 0.152. The monoisotopic (exact) mass is 325 g/mol. The number of carbonyl (C=O) groups excluding carboxylic acids is 3. The summed E-state index contributed by atoms with van der Waals surface area (Å²) in [5.41, 5.74) is 6.59. The lowest BCUT2D eigenvalue weighted by molar-refractivity contribution is -0.131. The van der Waals surface area contributed by atoms with Gasteiger partial charge in [-0.15, -0.1) is 0 Å². The van der Waals surface area contributed by atoms with Crippen molar-refractivity contribution in [1.82, 2.24) is 5.32 Å². The number of primary amides is 1. The lowest BCUT2D eigenvalue weighted by Crippen LogP contribution is -2.48. The molecule has 0 saturated heterocycles. The second-order valence-electron chi connectivity index (χ2n) is 5.38. The summed E-state index contributed by atoms with van der Waals surface area (Å²) in [7, 11) is 0. The summed E-state index contributed by atoms with van der Waals surface area (Å²) in [6.45, 7) is 5.35. The van der Waals surface area contributed by atoms with Gasteiger partial charge in [0.25, 0.3) is 0 Å². The second kappa shape index (κ2) is 7.79. The van der Waals surface area contributed by atoms with Crippen LogP contribution in [-0.4, -0.2) is 23.8 Å². The normalized spacial score (nSPS) is 11.9. The molecular weight excluding hydrogens is 306 g/mol. The summed E-state index contributed by atoms with van der Waals surface area (Å²) in [5.74, 6) is -1.84. The first-order chi connectivity index (χ1) is 10.2. The van der Waals surface area contributed by atoms with Crippen LogP contribution >= 0.6 is 11.6 Å². The molecule has 0 bridgehead atoms. The van der Waals surface area contributed by atoms with Crippen molar-refractivity contribution in [3.63, 3.8) is 0 Å². The highest BCUT2D eigenvalue weighted by Crippen LogP contribution is 2.19. The molecule has 3 amide bonds. The van der Waals surface area contributed by atoms with E-state index in [4.69, 9.17) is 17.3 Å². The van der Waals surface area contributed by atoms with Gasteiger partial charge in [-0.1, -0.05) is 31.5 Å². The molecule has 22 heavy (non-hydrogen) atoms. The SMILES string of the molecule is Cc1ccc(NC(=O)CC(=O)N[C@H](C(N)=O)C(C)C)cc1Cl. The Labute approximate surface area is 134 Å². The number of nitrogens with one attached hydrogen (secondary N) is 2. The summed E-state index contributed by atoms with van der Waals surface area (Å²) >= 11 is 5.96. The molecule has 1 atom stereocenters. The minimum atomic E-state index is -0.797. The average molecular weight is 326 g/mol. The molecule has 0 spiro atoms. The number of aryl methyl sites for hydroxylation is 1. The van der Waals surface area contributed by atoms with Gasteiger partial charge in [0.15, 0.2) is 0 Å². The van der Waals surface area contributed by atoms with Gasteiger partial charge in [-0.2, -0.15) is 0 Å². The zero-order chi connectivity index (χ0) is 16.9. The topological polar surface area (TPSA) is 101 Å². The van der Waals surface area contributed by atoms with Gasteiger partial charge in [-0.25, -0.2) is 0 Å². The molecule has 0 aliphatic rings. The van der Waals surface area contributed by atoms with E-state index in [1.807, 2.05) is 6.92 Å². The maximum Gasteiger partial charge on any atom is 0.240 e. The molecule has 1 aromatic carbocycles. The highest BCUT2D eigenvalue weighted by molar-refractivity contribution is 6.31. The van der Waals surface area contributed by atoms with Crippen molar-refractivity contribution in [1.29, 1.82) is 0 Å². The third kappa shape index (κ3) is 5.37. The van der Waals surface area contributed by atoms with E-state index in [0.29, 0.717) is 10.7 Å². The van der Waals surface area contributed by atoms with Crippen LogP contribution in [0, 0.1) is 12.8 Å². The van der Waals surface area contributed by atoms with Crippen molar-refractivity contribution in [2.75, 3.05) is 5.32 Å². The van der Waals surface area contributed by atoms with Crippen LogP contribution in [0.2, 0.25) is 5.02 Å². The van der Waals surface area contributed by atoms with Gasteiger partial charge in [0.1, 0.15) is 12.5 Å². The van der Waals surface area contributed by atoms with Crippen molar-refractivity contribution in [3.8, 4) is 0 Å². The number of hydrogen-bond donors (Lipinski definition) is 3. The van der Waals surface area contributed by atoms with E-state index in [0.717, 1.165) is 5.56 Å². The standard InChI is InChI=1S/C15H20ClN3O3/c1-8(2)14(15(17)22)19-13(21)7-12(20)18-10-5-4-9(3)11(16)6-10/h4-6,8,14H,7H2,1-3H3,(H2,17,22)(H,18,20)(H,19,21)/t14-/m0/s1. The van der Waals surface area contributed by atoms with Gasteiger partial charge in [0.2, 0.25) is 17.7 Å². The number of rotatable bonds is 6. The molecule has 6 nitrogen and oxygen atoms in total. The number of halogens is 1. The lowest BCUT2D eigenvalue weighted by Gasteiger charge is -2.18. The molecule has 4 N–H and O–H groups in total. The van der Waals surface area contributed by atoms with Crippen LogP contribution < -0.4 is 16.4 Å². The number of benzene rings is 1. The summed E-state index contributed by atoms with van der Waals surface area (Å²) < 4.78 is 0. The zero-order valence-corrected chi connectivity index (χ0v) is 13.5. The van der Waals surface area contributed by atoms with Crippen molar-refractivity contribution in [3.05, 3.63) is 28.8 Å². The molecule has 0 aromatic heterocycles. The fourth-order valence-corrected chi connectivity index (χ4v) is 1.99. The quantitative estimate of drug-likeness (QED) is 0.692. The fourth-order valence-electron chi connectivity index (χ4n) is 1.81. The molecule has 120 valence electrons. The number of nitrogens with two attached hydrogens (primary N) is 1. The summed E-state index contributed by atoms with van der Waals surface area (Å²) in [6.07, 6.45) is -0.401. The fraction of sp³-hybridized carbons (Fsp3) is 0.400. The van der Waals surface area contributed by atoms with Crippen LogP contribution in [0.25, 0.3) is 0 Å². The number of amides is 3. The number of anilines is 1. The predicted octanol–water partition coefficient (Wildman–Crippen LogP) is 1.60. The summed E-state index contributed by atoms with van der Waals surface area (Å²) in [5, 5.41) is 5.55. The molecule has 1 rings (SSSR count). The van der Waals surface area contributed by atoms with Crippen molar-refractivity contribution in [2.24, 2.45) is 11.7 Å². The highest BCUT2D eigenvalue weighted by atomic mass is 35.5. The molecule has 1 aromatic rings. The average Bonchev–Trinajstić information content (AvgIpc) is 2.39. The molecule has 7 heteroatoms.